The van der Waals surface area contributed by atoms with Crippen LogP contribution in [-0.2, 0) is 4.79 Å². The number of carbonyl (C=O) groups excluding carboxylic acids is 2. The number of hydrogen-bond acceptors (Lipinski definition) is 6. The monoisotopic (exact) mass is 491 g/mol. The number of pyridine rings is 1. The van der Waals surface area contributed by atoms with E-state index in [1.807, 2.05) is 29.2 Å². The van der Waals surface area contributed by atoms with E-state index in [0.29, 0.717) is 48.2 Å². The fourth-order valence-corrected chi connectivity index (χ4v) is 5.73. The molecule has 0 bridgehead atoms. The summed E-state index contributed by atoms with van der Waals surface area (Å²) in [5.74, 6) is 1.60. The third kappa shape index (κ3) is 6.76. The largest absolute Gasteiger partial charge is 0.355 e. The van der Waals surface area contributed by atoms with Gasteiger partial charge >= 0.3 is 0 Å². The number of aromatic nitrogens is 1. The molecular weight excluding hydrogens is 458 g/mol. The summed E-state index contributed by atoms with van der Waals surface area (Å²) in [4.78, 5) is 35.1. The first-order chi connectivity index (χ1) is 17.2. The second kappa shape index (κ2) is 12.6. The van der Waals surface area contributed by atoms with E-state index in [9.17, 15) is 14.9 Å². The standard InChI is InChI=1S/C27H33N5O2S/c28-18-22-10-6-13-29-26(22)31-14-7-15-32(17-16-31)27(34)23-11-4-5-12-24(23)35-20-25(33)30-19-21-8-2-1-3-9-21/h4-6,10-13,21H,1-3,7-9,14-17,19-20H2,(H,30,33). The second-order valence-electron chi connectivity index (χ2n) is 9.21. The van der Waals surface area contributed by atoms with Gasteiger partial charge in [0.15, 0.2) is 0 Å². The highest BCUT2D eigenvalue weighted by Crippen LogP contribution is 2.26. The van der Waals surface area contributed by atoms with E-state index in [4.69, 9.17) is 0 Å². The molecule has 35 heavy (non-hydrogen) atoms. The molecule has 2 heterocycles. The van der Waals surface area contributed by atoms with Crippen LogP contribution in [0.5, 0.6) is 0 Å². The zero-order chi connectivity index (χ0) is 24.5. The molecule has 0 atom stereocenters. The average Bonchev–Trinajstić information content (AvgIpc) is 3.17. The fraction of sp³-hybridized carbons (Fsp3) is 0.481. The maximum absolute atomic E-state index is 13.4. The van der Waals surface area contributed by atoms with Gasteiger partial charge in [0.05, 0.1) is 16.9 Å². The zero-order valence-corrected chi connectivity index (χ0v) is 20.9. The topological polar surface area (TPSA) is 89.3 Å². The molecule has 184 valence electrons. The highest BCUT2D eigenvalue weighted by atomic mass is 32.2. The predicted molar refractivity (Wildman–Crippen MR) is 138 cm³/mol. The lowest BCUT2D eigenvalue weighted by Crippen LogP contribution is -2.36. The van der Waals surface area contributed by atoms with Crippen LogP contribution in [0.15, 0.2) is 47.5 Å². The van der Waals surface area contributed by atoms with Gasteiger partial charge in [0.1, 0.15) is 11.9 Å². The van der Waals surface area contributed by atoms with Crippen molar-refractivity contribution in [1.82, 2.24) is 15.2 Å². The van der Waals surface area contributed by atoms with Crippen molar-refractivity contribution in [2.75, 3.05) is 43.4 Å². The van der Waals surface area contributed by atoms with Gasteiger partial charge in [-0.15, -0.1) is 11.8 Å². The van der Waals surface area contributed by atoms with E-state index < -0.39 is 0 Å². The number of nitrogens with zero attached hydrogens (tertiary/aromatic N) is 4. The Labute approximate surface area is 211 Å². The number of benzene rings is 1. The summed E-state index contributed by atoms with van der Waals surface area (Å²) in [6.45, 7) is 3.32. The Bertz CT molecular complexity index is 1060. The van der Waals surface area contributed by atoms with Crippen LogP contribution >= 0.6 is 11.8 Å². The Morgan fingerprint density at radius 1 is 1.03 bits per heavy atom. The van der Waals surface area contributed by atoms with Crippen LogP contribution in [0.3, 0.4) is 0 Å². The first-order valence-electron chi connectivity index (χ1n) is 12.5. The van der Waals surface area contributed by atoms with Crippen LogP contribution in [0.2, 0.25) is 0 Å². The Morgan fingerprint density at radius 2 is 1.86 bits per heavy atom. The molecule has 2 aliphatic rings. The third-order valence-corrected chi connectivity index (χ3v) is 7.85. The van der Waals surface area contributed by atoms with Gasteiger partial charge in [-0.25, -0.2) is 4.98 Å². The summed E-state index contributed by atoms with van der Waals surface area (Å²) in [7, 11) is 0. The Balaban J connectivity index is 1.34. The summed E-state index contributed by atoms with van der Waals surface area (Å²) in [6.07, 6.45) is 8.74. The molecule has 1 aromatic carbocycles. The third-order valence-electron chi connectivity index (χ3n) is 6.78. The smallest absolute Gasteiger partial charge is 0.255 e. The lowest BCUT2D eigenvalue weighted by Gasteiger charge is -2.24. The molecule has 4 rings (SSSR count). The summed E-state index contributed by atoms with van der Waals surface area (Å²) < 4.78 is 0. The quantitative estimate of drug-likeness (QED) is 0.587. The molecule has 2 aromatic rings. The maximum atomic E-state index is 13.4. The van der Waals surface area contributed by atoms with Gasteiger partial charge in [-0.2, -0.15) is 5.26 Å². The summed E-state index contributed by atoms with van der Waals surface area (Å²) in [6, 6.07) is 13.3. The molecular formula is C27H33N5O2S. The highest BCUT2D eigenvalue weighted by molar-refractivity contribution is 8.00. The van der Waals surface area contributed by atoms with Crippen LogP contribution in [-0.4, -0.2) is 60.2 Å². The zero-order valence-electron chi connectivity index (χ0n) is 20.1. The molecule has 2 amide bonds. The molecule has 0 spiro atoms. The van der Waals surface area contributed by atoms with E-state index in [2.05, 4.69) is 21.3 Å². The normalized spacial score (nSPS) is 16.9. The minimum atomic E-state index is -0.0147. The first kappa shape index (κ1) is 25.1. The first-order valence-corrected chi connectivity index (χ1v) is 13.5. The minimum Gasteiger partial charge on any atom is -0.355 e. The van der Waals surface area contributed by atoms with Gasteiger partial charge < -0.3 is 15.1 Å². The van der Waals surface area contributed by atoms with E-state index in [-0.39, 0.29) is 11.8 Å². The fourth-order valence-electron chi connectivity index (χ4n) is 4.85. The van der Waals surface area contributed by atoms with Gasteiger partial charge in [-0.3, -0.25) is 9.59 Å². The predicted octanol–water partition coefficient (Wildman–Crippen LogP) is 4.09. The van der Waals surface area contributed by atoms with Crippen LogP contribution in [0.1, 0.15) is 54.4 Å². The van der Waals surface area contributed by atoms with Crippen LogP contribution in [0.25, 0.3) is 0 Å². The molecule has 1 saturated heterocycles. The van der Waals surface area contributed by atoms with E-state index in [1.54, 1.807) is 18.3 Å². The van der Waals surface area contributed by atoms with Crippen LogP contribution < -0.4 is 10.2 Å². The molecule has 1 N–H and O–H groups in total. The van der Waals surface area contributed by atoms with Crippen molar-refractivity contribution >= 4 is 29.4 Å². The number of rotatable bonds is 7. The number of amides is 2. The lowest BCUT2D eigenvalue weighted by molar-refractivity contribution is -0.118. The number of hydrogen-bond donors (Lipinski definition) is 1. The van der Waals surface area contributed by atoms with E-state index in [1.165, 1.54) is 43.9 Å². The van der Waals surface area contributed by atoms with Gasteiger partial charge in [-0.05, 0) is 49.4 Å². The van der Waals surface area contributed by atoms with Crippen molar-refractivity contribution in [2.45, 2.75) is 43.4 Å². The minimum absolute atomic E-state index is 0.0147. The highest BCUT2D eigenvalue weighted by Gasteiger charge is 2.24. The second-order valence-corrected chi connectivity index (χ2v) is 10.2. The van der Waals surface area contributed by atoms with Crippen molar-refractivity contribution in [1.29, 1.82) is 5.26 Å². The maximum Gasteiger partial charge on any atom is 0.255 e. The molecule has 1 aromatic heterocycles. The van der Waals surface area contributed by atoms with Gasteiger partial charge in [0, 0.05) is 43.8 Å². The Kier molecular flexibility index (Phi) is 9.02. The SMILES string of the molecule is N#Cc1cccnc1N1CCCN(C(=O)c2ccccc2SCC(=O)NCC2CCCCC2)CC1. The average molecular weight is 492 g/mol. The van der Waals surface area contributed by atoms with Crippen LogP contribution in [0, 0.1) is 17.2 Å². The van der Waals surface area contributed by atoms with Crippen LogP contribution in [0.4, 0.5) is 5.82 Å². The van der Waals surface area contributed by atoms with Crippen molar-refractivity contribution in [3.05, 3.63) is 53.7 Å². The van der Waals surface area contributed by atoms with Crippen molar-refractivity contribution in [3.63, 3.8) is 0 Å². The van der Waals surface area contributed by atoms with Gasteiger partial charge in [0.2, 0.25) is 5.91 Å². The number of nitrogens with one attached hydrogen (secondary N) is 1. The molecule has 1 aliphatic heterocycles. The number of carbonyl (C=O) groups is 2. The van der Waals surface area contributed by atoms with E-state index in [0.717, 1.165) is 24.4 Å². The van der Waals surface area contributed by atoms with Crippen molar-refractivity contribution < 1.29 is 9.59 Å². The molecule has 1 aliphatic carbocycles. The molecule has 0 radical (unpaired) electrons. The van der Waals surface area contributed by atoms with Gasteiger partial charge in [-0.1, -0.05) is 31.4 Å². The number of nitriles is 1. The Hall–Kier alpha value is -3.05. The number of anilines is 1. The molecule has 0 unspecified atom stereocenters. The van der Waals surface area contributed by atoms with Crippen molar-refractivity contribution in [2.24, 2.45) is 5.92 Å². The molecule has 1 saturated carbocycles. The Morgan fingerprint density at radius 3 is 2.69 bits per heavy atom. The van der Waals surface area contributed by atoms with E-state index >= 15 is 0 Å². The molecule has 8 heteroatoms. The lowest BCUT2D eigenvalue weighted by atomic mass is 9.89. The molecule has 7 nitrogen and oxygen atoms in total. The number of thioether (sulfide) groups is 1. The summed E-state index contributed by atoms with van der Waals surface area (Å²) in [5.41, 5.74) is 1.19. The van der Waals surface area contributed by atoms with Crippen molar-refractivity contribution in [3.8, 4) is 6.07 Å². The summed E-state index contributed by atoms with van der Waals surface area (Å²) >= 11 is 1.43. The summed E-state index contributed by atoms with van der Waals surface area (Å²) in [5, 5.41) is 12.5. The van der Waals surface area contributed by atoms with Gasteiger partial charge in [0.25, 0.3) is 5.91 Å². The molecule has 2 fully saturated rings.